The van der Waals surface area contributed by atoms with E-state index in [2.05, 4.69) is 16.9 Å². The van der Waals surface area contributed by atoms with E-state index in [1.54, 1.807) is 4.52 Å². The van der Waals surface area contributed by atoms with Crippen molar-refractivity contribution >= 4 is 11.4 Å². The fourth-order valence-electron chi connectivity index (χ4n) is 4.40. The highest BCUT2D eigenvalue weighted by atomic mass is 16.5. The number of aryl methyl sites for hydroxylation is 2. The first-order chi connectivity index (χ1) is 16.9. The molecule has 1 aliphatic heterocycles. The van der Waals surface area contributed by atoms with Crippen molar-refractivity contribution < 1.29 is 14.3 Å². The third-order valence-corrected chi connectivity index (χ3v) is 6.04. The number of hydrogen-bond acceptors (Lipinski definition) is 7. The summed E-state index contributed by atoms with van der Waals surface area (Å²) >= 11 is 0. The van der Waals surface area contributed by atoms with E-state index in [0.717, 1.165) is 24.2 Å². The van der Waals surface area contributed by atoms with Crippen LogP contribution in [0.4, 0.5) is 0 Å². The average Bonchev–Trinajstić information content (AvgIpc) is 3.16. The number of benzene rings is 1. The van der Waals surface area contributed by atoms with Gasteiger partial charge in [0, 0.05) is 26.1 Å². The predicted octanol–water partition coefficient (Wildman–Crippen LogP) is 2.03. The van der Waals surface area contributed by atoms with E-state index in [4.69, 9.17) is 14.6 Å². The van der Waals surface area contributed by atoms with Gasteiger partial charge in [0.05, 0.1) is 37.6 Å². The quantitative estimate of drug-likeness (QED) is 0.498. The minimum atomic E-state index is -0.233. The highest BCUT2D eigenvalue weighted by molar-refractivity contribution is 5.78. The zero-order chi connectivity index (χ0) is 24.9. The Bertz CT molecular complexity index is 1240. The van der Waals surface area contributed by atoms with Crippen LogP contribution < -0.4 is 10.3 Å². The Balaban J connectivity index is 1.63. The van der Waals surface area contributed by atoms with E-state index in [0.29, 0.717) is 74.3 Å². The summed E-state index contributed by atoms with van der Waals surface area (Å²) in [6.45, 7) is 9.62. The number of likely N-dealkylation sites (N-methyl/N-ethyl adjacent to an activating group) is 1. The minimum absolute atomic E-state index is 0.0948. The fourth-order valence-corrected chi connectivity index (χ4v) is 4.40. The lowest BCUT2D eigenvalue weighted by molar-refractivity contribution is -0.136. The summed E-state index contributed by atoms with van der Waals surface area (Å²) in [7, 11) is 1.92. The number of carbonyl (C=O) groups is 1. The lowest BCUT2D eigenvalue weighted by atomic mass is 10.1. The van der Waals surface area contributed by atoms with Crippen molar-refractivity contribution in [2.24, 2.45) is 0 Å². The lowest BCUT2D eigenvalue weighted by Gasteiger charge is -2.28. The molecule has 1 saturated heterocycles. The zero-order valence-electron chi connectivity index (χ0n) is 21.0. The molecule has 3 heterocycles. The van der Waals surface area contributed by atoms with Gasteiger partial charge in [0.15, 0.2) is 11.3 Å². The molecule has 1 amide bonds. The molecule has 3 aromatic rings. The van der Waals surface area contributed by atoms with Crippen LogP contribution in [0.3, 0.4) is 0 Å². The van der Waals surface area contributed by atoms with Crippen LogP contribution in [-0.2, 0) is 22.5 Å². The summed E-state index contributed by atoms with van der Waals surface area (Å²) < 4.78 is 12.9. The summed E-state index contributed by atoms with van der Waals surface area (Å²) in [5.41, 5.74) is 2.58. The number of imidazole rings is 1. The molecule has 0 saturated carbocycles. The topological polar surface area (TPSA) is 105 Å². The van der Waals surface area contributed by atoms with E-state index < -0.39 is 0 Å². The maximum absolute atomic E-state index is 13.0. The molecule has 0 spiro atoms. The molecule has 0 atom stereocenters. The van der Waals surface area contributed by atoms with Gasteiger partial charge in [0.25, 0.3) is 5.56 Å². The molecule has 1 N–H and O–H groups in total. The second-order valence-corrected chi connectivity index (χ2v) is 8.86. The summed E-state index contributed by atoms with van der Waals surface area (Å²) in [5.74, 6) is 1.93. The van der Waals surface area contributed by atoms with Crippen molar-refractivity contribution in [3.05, 3.63) is 45.6 Å². The van der Waals surface area contributed by atoms with E-state index in [9.17, 15) is 9.59 Å². The number of nitrogens with zero attached hydrogens (tertiary/aromatic N) is 5. The largest absolute Gasteiger partial charge is 0.493 e. The molecule has 0 bridgehead atoms. The molecular weight excluding hydrogens is 448 g/mol. The first kappa shape index (κ1) is 24.9. The van der Waals surface area contributed by atoms with Crippen LogP contribution in [0.15, 0.2) is 23.0 Å². The summed E-state index contributed by atoms with van der Waals surface area (Å²) in [6, 6.07) is 5.83. The highest BCUT2D eigenvalue weighted by Gasteiger charge is 2.20. The molecule has 10 heteroatoms. The maximum atomic E-state index is 13.0. The Morgan fingerprint density at radius 3 is 2.74 bits per heavy atom. The number of fused-ring (bicyclic) bond motifs is 1. The molecular formula is C25H34N6O4. The number of morpholine rings is 1. The van der Waals surface area contributed by atoms with Gasteiger partial charge < -0.3 is 19.4 Å². The number of nitrogens with one attached hydrogen (secondary N) is 1. The Morgan fingerprint density at radius 1 is 1.26 bits per heavy atom. The number of H-pyrrole nitrogens is 1. The van der Waals surface area contributed by atoms with Gasteiger partial charge in [-0.05, 0) is 45.0 Å². The van der Waals surface area contributed by atoms with E-state index >= 15 is 0 Å². The van der Waals surface area contributed by atoms with Gasteiger partial charge in [-0.15, -0.1) is 5.10 Å². The third kappa shape index (κ3) is 5.54. The number of aromatic amines is 1. The lowest BCUT2D eigenvalue weighted by Crippen LogP contribution is -2.44. The normalized spacial score (nSPS) is 14.1. The molecule has 35 heavy (non-hydrogen) atoms. The van der Waals surface area contributed by atoms with Crippen LogP contribution in [-0.4, -0.2) is 81.8 Å². The van der Waals surface area contributed by atoms with Crippen LogP contribution >= 0.6 is 0 Å². The summed E-state index contributed by atoms with van der Waals surface area (Å²) in [5, 5.41) is 4.75. The average molecular weight is 483 g/mol. The Kier molecular flexibility index (Phi) is 7.82. The maximum Gasteiger partial charge on any atom is 0.277 e. The van der Waals surface area contributed by atoms with Crippen LogP contribution in [0, 0.1) is 6.92 Å². The van der Waals surface area contributed by atoms with Crippen molar-refractivity contribution in [1.29, 1.82) is 0 Å². The van der Waals surface area contributed by atoms with Gasteiger partial charge in [0.2, 0.25) is 5.91 Å². The number of carbonyl (C=O) groups excluding carboxylic acids is 1. The number of aromatic nitrogens is 4. The number of hydrogen-bond donors (Lipinski definition) is 1. The molecule has 10 nitrogen and oxygen atoms in total. The molecule has 4 rings (SSSR count). The fraction of sp³-hybridized carbons (Fsp3) is 0.520. The number of rotatable bonds is 9. The molecule has 2 aromatic heterocycles. The Labute approximate surface area is 204 Å². The smallest absolute Gasteiger partial charge is 0.277 e. The Hall–Kier alpha value is -3.24. The first-order valence-corrected chi connectivity index (χ1v) is 12.2. The molecule has 1 aromatic carbocycles. The molecule has 0 radical (unpaired) electrons. The van der Waals surface area contributed by atoms with Crippen LogP contribution in [0.25, 0.3) is 16.9 Å². The summed E-state index contributed by atoms with van der Waals surface area (Å²) in [6.07, 6.45) is 1.63. The van der Waals surface area contributed by atoms with Gasteiger partial charge >= 0.3 is 0 Å². The molecule has 0 aliphatic carbocycles. The number of amides is 1. The highest BCUT2D eigenvalue weighted by Crippen LogP contribution is 2.29. The minimum Gasteiger partial charge on any atom is -0.493 e. The molecule has 188 valence electrons. The van der Waals surface area contributed by atoms with Crippen molar-refractivity contribution in [2.45, 2.75) is 40.2 Å². The van der Waals surface area contributed by atoms with Gasteiger partial charge in [-0.2, -0.15) is 0 Å². The van der Waals surface area contributed by atoms with Crippen molar-refractivity contribution in [2.75, 3.05) is 46.5 Å². The second kappa shape index (κ2) is 11.0. The second-order valence-electron chi connectivity index (χ2n) is 8.86. The SMILES string of the molecule is CCCc1nc(C)c2c(=O)[nH]c(-c3cc(CN(C)CC(=O)N4CCOCC4)ccc3OCC)nn12. The molecule has 1 aliphatic rings. The van der Waals surface area contributed by atoms with Crippen molar-refractivity contribution in [3.8, 4) is 17.1 Å². The molecule has 1 fully saturated rings. The molecule has 0 unspecified atom stereocenters. The zero-order valence-corrected chi connectivity index (χ0v) is 21.0. The van der Waals surface area contributed by atoms with Crippen molar-refractivity contribution in [3.63, 3.8) is 0 Å². The van der Waals surface area contributed by atoms with Crippen LogP contribution in [0.1, 0.15) is 37.4 Å². The third-order valence-electron chi connectivity index (χ3n) is 6.04. The van der Waals surface area contributed by atoms with Gasteiger partial charge in [-0.3, -0.25) is 14.5 Å². The number of ether oxygens (including phenoxy) is 2. The summed E-state index contributed by atoms with van der Waals surface area (Å²) in [4.78, 5) is 36.9. The predicted molar refractivity (Wildman–Crippen MR) is 133 cm³/mol. The Morgan fingerprint density at radius 2 is 2.03 bits per heavy atom. The first-order valence-electron chi connectivity index (χ1n) is 12.2. The van der Waals surface area contributed by atoms with E-state index in [1.165, 1.54) is 0 Å². The van der Waals surface area contributed by atoms with E-state index in [1.807, 2.05) is 48.9 Å². The van der Waals surface area contributed by atoms with Crippen molar-refractivity contribution in [1.82, 2.24) is 29.4 Å². The van der Waals surface area contributed by atoms with Crippen LogP contribution in [0.2, 0.25) is 0 Å². The van der Waals surface area contributed by atoms with E-state index in [-0.39, 0.29) is 11.5 Å². The van der Waals surface area contributed by atoms with Gasteiger partial charge in [-0.25, -0.2) is 9.50 Å². The standard InChI is InChI=1S/C25H34N6O4/c1-5-7-21-26-17(3)23-25(33)27-24(28-31(21)23)19-14-18(8-9-20(19)35-6-2)15-29(4)16-22(32)30-10-12-34-13-11-30/h8-9,14H,5-7,10-13,15-16H2,1-4H3,(H,27,28,33). The van der Waals surface area contributed by atoms with Gasteiger partial charge in [0.1, 0.15) is 11.6 Å². The van der Waals surface area contributed by atoms with Crippen LogP contribution in [0.5, 0.6) is 5.75 Å². The monoisotopic (exact) mass is 482 g/mol. The van der Waals surface area contributed by atoms with Gasteiger partial charge in [-0.1, -0.05) is 13.0 Å².